The molecule has 0 saturated heterocycles. The second-order valence-corrected chi connectivity index (χ2v) is 4.23. The molecule has 10 heavy (non-hydrogen) atoms. The van der Waals surface area contributed by atoms with Crippen molar-refractivity contribution in [1.29, 1.82) is 0 Å². The number of rotatable bonds is 1. The van der Waals surface area contributed by atoms with Gasteiger partial charge in [0.15, 0.2) is 0 Å². The SMILES string of the molecule is CC(C)(C)N(N)S(=O)(=O)O. The maximum Gasteiger partial charge on any atom is 0.349 e. The Bertz CT molecular complexity index is 203. The van der Waals surface area contributed by atoms with E-state index in [1.54, 1.807) is 20.8 Å². The molecule has 0 aliphatic heterocycles. The first-order valence-corrected chi connectivity index (χ1v) is 4.08. The number of nitrogens with zero attached hydrogens (tertiary/aromatic N) is 1. The van der Waals surface area contributed by atoms with Crippen molar-refractivity contribution in [3.8, 4) is 0 Å². The zero-order valence-corrected chi connectivity index (χ0v) is 7.01. The minimum absolute atomic E-state index is 0.403. The fraction of sp³-hybridized carbons (Fsp3) is 1.00. The van der Waals surface area contributed by atoms with Crippen LogP contribution in [0.15, 0.2) is 0 Å². The van der Waals surface area contributed by atoms with Gasteiger partial charge in [0.1, 0.15) is 0 Å². The van der Waals surface area contributed by atoms with Crippen LogP contribution in [-0.4, -0.2) is 22.9 Å². The summed E-state index contributed by atoms with van der Waals surface area (Å²) in [6.07, 6.45) is 0. The Balaban J connectivity index is 4.56. The molecule has 0 aromatic heterocycles. The lowest BCUT2D eigenvalue weighted by Crippen LogP contribution is -2.49. The van der Waals surface area contributed by atoms with E-state index in [1.165, 1.54) is 0 Å². The van der Waals surface area contributed by atoms with Crippen LogP contribution in [0.2, 0.25) is 0 Å². The van der Waals surface area contributed by atoms with Crippen LogP contribution in [0, 0.1) is 0 Å². The summed E-state index contributed by atoms with van der Waals surface area (Å²) >= 11 is 0. The van der Waals surface area contributed by atoms with Gasteiger partial charge in [-0.15, -0.1) is 4.41 Å². The van der Waals surface area contributed by atoms with Gasteiger partial charge in [-0.1, -0.05) is 0 Å². The lowest BCUT2D eigenvalue weighted by molar-refractivity contribution is 0.230. The smallest absolute Gasteiger partial charge is 0.272 e. The summed E-state index contributed by atoms with van der Waals surface area (Å²) in [5.41, 5.74) is -0.784. The fourth-order valence-corrected chi connectivity index (χ4v) is 1.04. The Morgan fingerprint density at radius 2 is 1.70 bits per heavy atom. The van der Waals surface area contributed by atoms with Crippen LogP contribution in [0.4, 0.5) is 0 Å². The standard InChI is InChI=1S/C4H12N2O3S/c1-4(2,3)6(5)10(7,8)9/h5H2,1-3H3,(H,7,8,9). The molecule has 0 amide bonds. The predicted octanol–water partition coefficient (Wildman–Crippen LogP) is -0.237. The van der Waals surface area contributed by atoms with E-state index in [-0.39, 0.29) is 0 Å². The summed E-state index contributed by atoms with van der Waals surface area (Å²) in [5, 5.41) is 0. The van der Waals surface area contributed by atoms with Gasteiger partial charge >= 0.3 is 10.3 Å². The van der Waals surface area contributed by atoms with E-state index in [9.17, 15) is 8.42 Å². The van der Waals surface area contributed by atoms with Crippen molar-refractivity contribution in [2.45, 2.75) is 26.3 Å². The maximum absolute atomic E-state index is 10.3. The molecule has 0 aromatic carbocycles. The van der Waals surface area contributed by atoms with Gasteiger partial charge in [-0.25, -0.2) is 0 Å². The highest BCUT2D eigenvalue weighted by atomic mass is 32.2. The Morgan fingerprint density at radius 3 is 1.70 bits per heavy atom. The van der Waals surface area contributed by atoms with E-state index < -0.39 is 15.8 Å². The van der Waals surface area contributed by atoms with E-state index in [4.69, 9.17) is 10.4 Å². The van der Waals surface area contributed by atoms with Crippen molar-refractivity contribution in [3.63, 3.8) is 0 Å². The minimum Gasteiger partial charge on any atom is -0.272 e. The van der Waals surface area contributed by atoms with Gasteiger partial charge in [0, 0.05) is 5.54 Å². The van der Waals surface area contributed by atoms with Crippen LogP contribution in [0.25, 0.3) is 0 Å². The molecule has 6 heteroatoms. The van der Waals surface area contributed by atoms with Crippen LogP contribution >= 0.6 is 0 Å². The highest BCUT2D eigenvalue weighted by Crippen LogP contribution is 2.10. The number of hydrazine groups is 1. The Hall–Kier alpha value is -0.170. The van der Waals surface area contributed by atoms with Crippen molar-refractivity contribution < 1.29 is 13.0 Å². The molecule has 5 nitrogen and oxygen atoms in total. The summed E-state index contributed by atoms with van der Waals surface area (Å²) in [6.45, 7) is 4.71. The topological polar surface area (TPSA) is 83.6 Å². The zero-order valence-electron chi connectivity index (χ0n) is 6.20. The van der Waals surface area contributed by atoms with Crippen molar-refractivity contribution in [1.82, 2.24) is 4.41 Å². The van der Waals surface area contributed by atoms with Gasteiger partial charge in [0.2, 0.25) is 0 Å². The lowest BCUT2D eigenvalue weighted by Gasteiger charge is -2.26. The fourth-order valence-electron chi connectivity index (χ4n) is 0.346. The molecule has 0 saturated carbocycles. The third-order valence-electron chi connectivity index (χ3n) is 0.910. The average Bonchev–Trinajstić information content (AvgIpc) is 1.59. The van der Waals surface area contributed by atoms with E-state index in [1.807, 2.05) is 0 Å². The van der Waals surface area contributed by atoms with Crippen LogP contribution < -0.4 is 5.84 Å². The van der Waals surface area contributed by atoms with Gasteiger partial charge in [-0.3, -0.25) is 10.4 Å². The first-order valence-electron chi connectivity index (χ1n) is 2.68. The molecule has 62 valence electrons. The summed E-state index contributed by atoms with van der Waals surface area (Å²) < 4.78 is 29.5. The summed E-state index contributed by atoms with van der Waals surface area (Å²) in [7, 11) is -4.25. The molecular formula is C4H12N2O3S. The summed E-state index contributed by atoms with van der Waals surface area (Å²) in [6, 6.07) is 0. The Morgan fingerprint density at radius 1 is 1.40 bits per heavy atom. The van der Waals surface area contributed by atoms with E-state index in [0.29, 0.717) is 4.41 Å². The van der Waals surface area contributed by atoms with Gasteiger partial charge in [0.05, 0.1) is 0 Å². The van der Waals surface area contributed by atoms with Gasteiger partial charge in [-0.05, 0) is 20.8 Å². The molecule has 0 radical (unpaired) electrons. The molecule has 0 aliphatic rings. The highest BCUT2D eigenvalue weighted by molar-refractivity contribution is 7.83. The Labute approximate surface area is 60.7 Å². The summed E-state index contributed by atoms with van der Waals surface area (Å²) in [5.74, 6) is 5.02. The molecule has 0 aliphatic carbocycles. The van der Waals surface area contributed by atoms with E-state index in [2.05, 4.69) is 0 Å². The lowest BCUT2D eigenvalue weighted by atomic mass is 10.1. The molecule has 0 heterocycles. The molecule has 0 spiro atoms. The number of hydrogen-bond donors (Lipinski definition) is 2. The monoisotopic (exact) mass is 168 g/mol. The van der Waals surface area contributed by atoms with E-state index >= 15 is 0 Å². The average molecular weight is 168 g/mol. The third-order valence-corrected chi connectivity index (χ3v) is 1.95. The second kappa shape index (κ2) is 2.46. The van der Waals surface area contributed by atoms with E-state index in [0.717, 1.165) is 0 Å². The summed E-state index contributed by atoms with van der Waals surface area (Å²) in [4.78, 5) is 0. The van der Waals surface area contributed by atoms with Crippen LogP contribution in [0.1, 0.15) is 20.8 Å². The van der Waals surface area contributed by atoms with Crippen LogP contribution in [-0.2, 0) is 10.3 Å². The second-order valence-electron chi connectivity index (χ2n) is 2.94. The molecule has 0 aromatic rings. The molecule has 3 N–H and O–H groups in total. The van der Waals surface area contributed by atoms with Crippen molar-refractivity contribution in [3.05, 3.63) is 0 Å². The molecular weight excluding hydrogens is 156 g/mol. The maximum atomic E-state index is 10.3. The molecule has 0 bridgehead atoms. The number of hydrogen-bond acceptors (Lipinski definition) is 3. The third kappa shape index (κ3) is 2.61. The van der Waals surface area contributed by atoms with Gasteiger partial charge in [0.25, 0.3) is 0 Å². The Kier molecular flexibility index (Phi) is 2.42. The quantitative estimate of drug-likeness (QED) is 0.321. The predicted molar refractivity (Wildman–Crippen MR) is 37.3 cm³/mol. The van der Waals surface area contributed by atoms with Crippen molar-refractivity contribution in [2.75, 3.05) is 0 Å². The van der Waals surface area contributed by atoms with Gasteiger partial charge in [-0.2, -0.15) is 8.42 Å². The van der Waals surface area contributed by atoms with Gasteiger partial charge < -0.3 is 0 Å². The molecule has 0 atom stereocenters. The van der Waals surface area contributed by atoms with Crippen LogP contribution in [0.3, 0.4) is 0 Å². The van der Waals surface area contributed by atoms with Crippen molar-refractivity contribution >= 4 is 10.3 Å². The van der Waals surface area contributed by atoms with Crippen molar-refractivity contribution in [2.24, 2.45) is 5.84 Å². The normalized spacial score (nSPS) is 14.2. The molecule has 0 rings (SSSR count). The van der Waals surface area contributed by atoms with Crippen LogP contribution in [0.5, 0.6) is 0 Å². The molecule has 0 fully saturated rings. The zero-order chi connectivity index (χ0) is 8.58. The number of nitrogens with two attached hydrogens (primary N) is 1. The molecule has 0 unspecified atom stereocenters. The highest BCUT2D eigenvalue weighted by Gasteiger charge is 2.27. The minimum atomic E-state index is -4.25. The first kappa shape index (κ1) is 9.83. The first-order chi connectivity index (χ1) is 4.15. The largest absolute Gasteiger partial charge is 0.349 e.